The van der Waals surface area contributed by atoms with Gasteiger partial charge in [0, 0.05) is 42.0 Å². The highest BCUT2D eigenvalue weighted by molar-refractivity contribution is 7.89. The first kappa shape index (κ1) is 37.7. The number of aliphatic hydroxyl groups is 2. The fourth-order valence-electron chi connectivity index (χ4n) is 6.83. The molecule has 292 valence electrons. The Hall–Kier alpha value is -5.59. The summed E-state index contributed by atoms with van der Waals surface area (Å²) in [4.78, 5) is 55.2. The molecule has 2 aliphatic heterocycles. The molecule has 0 radical (unpaired) electrons. The lowest BCUT2D eigenvalue weighted by molar-refractivity contribution is -0.0324. The molecule has 55 heavy (non-hydrogen) atoms. The van der Waals surface area contributed by atoms with Crippen LogP contribution in [-0.4, -0.2) is 93.1 Å². The summed E-state index contributed by atoms with van der Waals surface area (Å²) >= 11 is 0. The van der Waals surface area contributed by atoms with E-state index in [0.29, 0.717) is 28.2 Å². The molecular weight excluding hydrogens is 744 g/mol. The molecule has 0 amide bonds. The molecule has 2 fully saturated rings. The minimum atomic E-state index is -3.97. The molecule has 0 bridgehead atoms. The largest absolute Gasteiger partial charge is 0.394 e. The van der Waals surface area contributed by atoms with Gasteiger partial charge in [0.1, 0.15) is 36.1 Å². The van der Waals surface area contributed by atoms with Crippen LogP contribution in [0.5, 0.6) is 0 Å². The third kappa shape index (κ3) is 7.69. The van der Waals surface area contributed by atoms with Crippen LogP contribution in [0.1, 0.15) is 59.9 Å². The summed E-state index contributed by atoms with van der Waals surface area (Å²) in [6.07, 6.45) is 3.55. The van der Waals surface area contributed by atoms with Crippen LogP contribution in [0.4, 0.5) is 5.69 Å². The van der Waals surface area contributed by atoms with E-state index in [2.05, 4.69) is 30.6 Å². The standard InChI is InChI=1S/C32H38N12O10S/c1-17-9-41(31(49)34-29(17)47)27-7-23(25(15-45)53-27)43-13-19(36-38-43)11-40(21-3-5-22(6-4-21)55(33,51)52)12-20-14-44(39-37-20)24-8-28(54-26(24)16-46)42-10-18(2)30(48)35-32(42)50/h3-6,9-10,13-14,23-28,45-46H,7-8,11-12,15-16H2,1-2H3,(H2,33,51,52)(H,34,47,49)(H,35,48,50)/t23-,24-,25+,26+,27+,28+/m0/s1. The second-order valence-corrected chi connectivity index (χ2v) is 15.0. The molecule has 6 heterocycles. The summed E-state index contributed by atoms with van der Waals surface area (Å²) < 4.78 is 41.5. The number of aromatic amines is 2. The van der Waals surface area contributed by atoms with E-state index in [1.165, 1.54) is 33.7 Å². The number of primary sulfonamides is 1. The summed E-state index contributed by atoms with van der Waals surface area (Å²) in [5.74, 6) is 0. The van der Waals surface area contributed by atoms with E-state index in [0.717, 1.165) is 0 Å². The fourth-order valence-corrected chi connectivity index (χ4v) is 7.34. The van der Waals surface area contributed by atoms with Crippen molar-refractivity contribution >= 4 is 15.7 Å². The highest BCUT2D eigenvalue weighted by Crippen LogP contribution is 2.37. The molecule has 0 saturated carbocycles. The molecule has 23 heteroatoms. The summed E-state index contributed by atoms with van der Waals surface area (Å²) in [5.41, 5.74) is -0.135. The molecule has 0 aliphatic carbocycles. The first-order valence-electron chi connectivity index (χ1n) is 17.1. The van der Waals surface area contributed by atoms with Crippen LogP contribution < -0.4 is 32.5 Å². The number of nitrogens with two attached hydrogens (primary N) is 1. The van der Waals surface area contributed by atoms with Gasteiger partial charge in [-0.2, -0.15) is 0 Å². The quantitative estimate of drug-likeness (QED) is 0.0922. The maximum Gasteiger partial charge on any atom is 0.330 e. The molecule has 2 aliphatic rings. The van der Waals surface area contributed by atoms with Crippen molar-refractivity contribution in [1.29, 1.82) is 0 Å². The number of benzene rings is 1. The lowest BCUT2D eigenvalue weighted by Gasteiger charge is -2.23. The van der Waals surface area contributed by atoms with E-state index in [-0.39, 0.29) is 44.0 Å². The van der Waals surface area contributed by atoms with Crippen LogP contribution in [-0.2, 0) is 32.6 Å². The topological polar surface area (TPSA) is 293 Å². The average Bonchev–Trinajstić information content (AvgIpc) is 3.97. The Balaban J connectivity index is 1.13. The molecule has 22 nitrogen and oxygen atoms in total. The van der Waals surface area contributed by atoms with Crippen LogP contribution in [0.15, 0.2) is 73.1 Å². The first-order valence-corrected chi connectivity index (χ1v) is 18.6. The predicted molar refractivity (Wildman–Crippen MR) is 189 cm³/mol. The predicted octanol–water partition coefficient (Wildman–Crippen LogP) is -1.92. The number of aromatic nitrogens is 10. The number of nitrogens with zero attached hydrogens (tertiary/aromatic N) is 9. The van der Waals surface area contributed by atoms with Crippen molar-refractivity contribution in [2.75, 3.05) is 18.1 Å². The maximum absolute atomic E-state index is 12.6. The minimum absolute atomic E-state index is 0.0849. The van der Waals surface area contributed by atoms with E-state index >= 15 is 0 Å². The lowest BCUT2D eigenvalue weighted by atomic mass is 10.1. The van der Waals surface area contributed by atoms with Gasteiger partial charge < -0.3 is 24.6 Å². The third-order valence-corrected chi connectivity index (χ3v) is 10.6. The molecule has 0 spiro atoms. The van der Waals surface area contributed by atoms with Gasteiger partial charge >= 0.3 is 11.4 Å². The molecule has 2 saturated heterocycles. The molecule has 5 aromatic rings. The van der Waals surface area contributed by atoms with Crippen LogP contribution in [0.3, 0.4) is 0 Å². The first-order chi connectivity index (χ1) is 26.2. The Kier molecular flexibility index (Phi) is 10.2. The summed E-state index contributed by atoms with van der Waals surface area (Å²) in [7, 11) is -3.97. The van der Waals surface area contributed by atoms with Gasteiger partial charge in [-0.1, -0.05) is 10.4 Å². The molecule has 6 N–H and O–H groups in total. The maximum atomic E-state index is 12.6. The Morgan fingerprint density at radius 1 is 0.764 bits per heavy atom. The molecule has 4 aromatic heterocycles. The monoisotopic (exact) mass is 782 g/mol. The van der Waals surface area contributed by atoms with Crippen LogP contribution >= 0.6 is 0 Å². The fraction of sp³-hybridized carbons (Fsp3) is 0.438. The van der Waals surface area contributed by atoms with Gasteiger partial charge in [0.15, 0.2) is 0 Å². The molecule has 7 rings (SSSR count). The van der Waals surface area contributed by atoms with Crippen molar-refractivity contribution in [1.82, 2.24) is 49.1 Å². The van der Waals surface area contributed by atoms with Crippen molar-refractivity contribution in [3.8, 4) is 0 Å². The second-order valence-electron chi connectivity index (χ2n) is 13.5. The van der Waals surface area contributed by atoms with E-state index in [1.54, 1.807) is 47.7 Å². The highest BCUT2D eigenvalue weighted by atomic mass is 32.2. The number of nitrogens with one attached hydrogen (secondary N) is 2. The van der Waals surface area contributed by atoms with Crippen molar-refractivity contribution < 1.29 is 28.1 Å². The minimum Gasteiger partial charge on any atom is -0.394 e. The van der Waals surface area contributed by atoms with E-state index < -0.39 is 69.3 Å². The number of rotatable bonds is 12. The average molecular weight is 783 g/mol. The number of H-pyrrole nitrogens is 2. The summed E-state index contributed by atoms with van der Waals surface area (Å²) in [6.45, 7) is 2.66. The number of aryl methyl sites for hydroxylation is 2. The molecule has 0 unspecified atom stereocenters. The molecular formula is C32H38N12O10S. The normalized spacial score (nSPS) is 22.7. The SMILES string of the molecule is Cc1cn([C@H]2C[C@H](n3cc(CN(Cc4cn([C@H]5C[C@H](n6cc(C)c(=O)[nH]c6=O)O[C@@H]5CO)nn4)c4ccc(S(N)(=O)=O)cc4)nn3)[C@@H](CO)O2)c(=O)[nH]c1=O. The van der Waals surface area contributed by atoms with Gasteiger partial charge in [0.25, 0.3) is 11.1 Å². The van der Waals surface area contributed by atoms with E-state index in [1.807, 2.05) is 4.90 Å². The number of ether oxygens (including phenoxy) is 2. The highest BCUT2D eigenvalue weighted by Gasteiger charge is 2.40. The zero-order chi connectivity index (χ0) is 39.2. The van der Waals surface area contributed by atoms with Crippen molar-refractivity contribution in [2.45, 2.75) is 81.4 Å². The van der Waals surface area contributed by atoms with Crippen LogP contribution in [0.2, 0.25) is 0 Å². The van der Waals surface area contributed by atoms with Crippen molar-refractivity contribution in [2.24, 2.45) is 5.14 Å². The van der Waals surface area contributed by atoms with Crippen LogP contribution in [0, 0.1) is 13.8 Å². The van der Waals surface area contributed by atoms with Gasteiger partial charge in [-0.15, -0.1) is 10.2 Å². The number of sulfonamides is 1. The zero-order valence-corrected chi connectivity index (χ0v) is 30.3. The third-order valence-electron chi connectivity index (χ3n) is 9.71. The second kappa shape index (κ2) is 14.9. The van der Waals surface area contributed by atoms with Gasteiger partial charge in [-0.25, -0.2) is 32.5 Å². The number of anilines is 1. The van der Waals surface area contributed by atoms with Crippen molar-refractivity contribution in [3.63, 3.8) is 0 Å². The lowest BCUT2D eigenvalue weighted by Crippen LogP contribution is -2.33. The Labute approximate surface area is 310 Å². The Morgan fingerprint density at radius 3 is 1.60 bits per heavy atom. The van der Waals surface area contributed by atoms with Crippen molar-refractivity contribution in [3.05, 3.63) is 113 Å². The van der Waals surface area contributed by atoms with Gasteiger partial charge in [-0.3, -0.25) is 28.7 Å². The number of hydrogen-bond acceptors (Lipinski definition) is 15. The Morgan fingerprint density at radius 2 is 1.20 bits per heavy atom. The van der Waals surface area contributed by atoms with Gasteiger partial charge in [0.2, 0.25) is 10.0 Å². The smallest absolute Gasteiger partial charge is 0.330 e. The molecule has 1 aromatic carbocycles. The summed E-state index contributed by atoms with van der Waals surface area (Å²) in [6, 6.07) is 4.86. The summed E-state index contributed by atoms with van der Waals surface area (Å²) in [5, 5.41) is 42.9. The number of aliphatic hydroxyl groups excluding tert-OH is 2. The zero-order valence-electron chi connectivity index (χ0n) is 29.5. The van der Waals surface area contributed by atoms with E-state index in [4.69, 9.17) is 14.6 Å². The van der Waals surface area contributed by atoms with Crippen LogP contribution in [0.25, 0.3) is 0 Å². The van der Waals surface area contributed by atoms with E-state index in [9.17, 15) is 37.8 Å². The molecule has 6 atom stereocenters. The Bertz CT molecular complexity index is 2400. The van der Waals surface area contributed by atoms with Gasteiger partial charge in [-0.05, 0) is 38.1 Å². The van der Waals surface area contributed by atoms with Gasteiger partial charge in [0.05, 0.1) is 55.7 Å². The number of hydrogen-bond donors (Lipinski definition) is 5.